The number of likely N-dealkylation sites (tertiary alicyclic amines) is 1. The Morgan fingerprint density at radius 3 is 2.77 bits per heavy atom. The number of para-hydroxylation sites is 1. The molecule has 2 amide bonds. The molecule has 7 heteroatoms. The van der Waals surface area contributed by atoms with E-state index in [1.807, 2.05) is 61.4 Å². The molecule has 0 saturated carbocycles. The smallest absolute Gasteiger partial charge is 0.311 e. The molecular formula is C23H27N5O2. The fraction of sp³-hybridized carbons (Fsp3) is 0.348. The van der Waals surface area contributed by atoms with Crippen LogP contribution in [0.5, 0.6) is 0 Å². The lowest BCUT2D eigenvalue weighted by atomic mass is 10.1. The number of carbonyl (C=O) groups excluding carboxylic acids is 2. The number of amides is 2. The Balaban J connectivity index is 1.34. The summed E-state index contributed by atoms with van der Waals surface area (Å²) in [6.45, 7) is 2.23. The quantitative estimate of drug-likeness (QED) is 0.661. The zero-order chi connectivity index (χ0) is 21.1. The third-order valence-corrected chi connectivity index (χ3v) is 5.44. The molecule has 1 saturated heterocycles. The summed E-state index contributed by atoms with van der Waals surface area (Å²) < 4.78 is 1.97. The molecular weight excluding hydrogens is 378 g/mol. The largest absolute Gasteiger partial charge is 0.344 e. The molecule has 1 fully saturated rings. The number of carbonyl (C=O) groups is 2. The van der Waals surface area contributed by atoms with Gasteiger partial charge in [0.1, 0.15) is 0 Å². The summed E-state index contributed by atoms with van der Waals surface area (Å²) in [4.78, 5) is 28.8. The Morgan fingerprint density at radius 2 is 1.93 bits per heavy atom. The van der Waals surface area contributed by atoms with Gasteiger partial charge >= 0.3 is 11.8 Å². The maximum Gasteiger partial charge on any atom is 0.311 e. The summed E-state index contributed by atoms with van der Waals surface area (Å²) in [5.74, 6) is -1.03. The van der Waals surface area contributed by atoms with Gasteiger partial charge in [0.15, 0.2) is 0 Å². The van der Waals surface area contributed by atoms with Crippen LogP contribution in [0.1, 0.15) is 23.6 Å². The van der Waals surface area contributed by atoms with Crippen LogP contribution in [0.4, 0.5) is 0 Å². The highest BCUT2D eigenvalue weighted by molar-refractivity contribution is 6.35. The van der Waals surface area contributed by atoms with Crippen LogP contribution in [0, 0.1) is 0 Å². The summed E-state index contributed by atoms with van der Waals surface area (Å²) in [7, 11) is 4.03. The van der Waals surface area contributed by atoms with Gasteiger partial charge in [-0.05, 0) is 37.7 Å². The number of aromatic nitrogens is 2. The van der Waals surface area contributed by atoms with Crippen molar-refractivity contribution in [3.63, 3.8) is 0 Å². The highest BCUT2D eigenvalue weighted by Crippen LogP contribution is 2.25. The molecule has 1 aliphatic rings. The van der Waals surface area contributed by atoms with Crippen molar-refractivity contribution in [2.75, 3.05) is 27.2 Å². The molecule has 1 aromatic heterocycles. The molecule has 0 spiro atoms. The monoisotopic (exact) mass is 405 g/mol. The fourth-order valence-corrected chi connectivity index (χ4v) is 4.01. The van der Waals surface area contributed by atoms with Crippen LogP contribution in [-0.2, 0) is 22.7 Å². The Labute approximate surface area is 176 Å². The molecule has 2 heterocycles. The lowest BCUT2D eigenvalue weighted by molar-refractivity contribution is -0.145. The van der Waals surface area contributed by atoms with E-state index in [0.717, 1.165) is 29.4 Å². The van der Waals surface area contributed by atoms with Crippen molar-refractivity contribution in [1.82, 2.24) is 24.9 Å². The van der Waals surface area contributed by atoms with E-state index in [-0.39, 0.29) is 6.04 Å². The minimum atomic E-state index is -0.556. The van der Waals surface area contributed by atoms with E-state index < -0.39 is 11.8 Å². The number of hydrogen-bond acceptors (Lipinski definition) is 4. The molecule has 0 aliphatic carbocycles. The van der Waals surface area contributed by atoms with Crippen molar-refractivity contribution in [3.8, 4) is 0 Å². The number of fused-ring (bicyclic) bond motifs is 1. The SMILES string of the molecule is CN(C)Cc1cccc(CNC(=O)C(=O)N2CCC(n3ncc4ccccc43)C2)c1. The van der Waals surface area contributed by atoms with Crippen molar-refractivity contribution in [2.45, 2.75) is 25.6 Å². The van der Waals surface area contributed by atoms with Crippen LogP contribution in [-0.4, -0.2) is 58.6 Å². The maximum atomic E-state index is 12.6. The summed E-state index contributed by atoms with van der Waals surface area (Å²) in [6.07, 6.45) is 2.63. The summed E-state index contributed by atoms with van der Waals surface area (Å²) in [5.41, 5.74) is 3.21. The summed E-state index contributed by atoms with van der Waals surface area (Å²) in [5, 5.41) is 8.34. The highest BCUT2D eigenvalue weighted by atomic mass is 16.2. The van der Waals surface area contributed by atoms with Gasteiger partial charge in [-0.25, -0.2) is 0 Å². The van der Waals surface area contributed by atoms with Gasteiger partial charge in [-0.2, -0.15) is 5.10 Å². The third-order valence-electron chi connectivity index (χ3n) is 5.44. The van der Waals surface area contributed by atoms with Crippen molar-refractivity contribution in [3.05, 3.63) is 65.9 Å². The molecule has 7 nitrogen and oxygen atoms in total. The summed E-state index contributed by atoms with van der Waals surface area (Å²) >= 11 is 0. The first-order valence-electron chi connectivity index (χ1n) is 10.2. The molecule has 4 rings (SSSR count). The number of hydrogen-bond donors (Lipinski definition) is 1. The Bertz CT molecular complexity index is 1060. The van der Waals surface area contributed by atoms with E-state index in [1.165, 1.54) is 5.56 Å². The van der Waals surface area contributed by atoms with Gasteiger partial charge in [0.2, 0.25) is 0 Å². The average Bonchev–Trinajstić information content (AvgIpc) is 3.38. The minimum Gasteiger partial charge on any atom is -0.344 e. The van der Waals surface area contributed by atoms with Crippen LogP contribution in [0.2, 0.25) is 0 Å². The van der Waals surface area contributed by atoms with E-state index in [4.69, 9.17) is 0 Å². The molecule has 1 N–H and O–H groups in total. The Morgan fingerprint density at radius 1 is 1.13 bits per heavy atom. The van der Waals surface area contributed by atoms with Crippen LogP contribution >= 0.6 is 0 Å². The van der Waals surface area contributed by atoms with Crippen molar-refractivity contribution >= 4 is 22.7 Å². The Kier molecular flexibility index (Phi) is 5.81. The number of nitrogens with zero attached hydrogens (tertiary/aromatic N) is 4. The standard InChI is InChI=1S/C23H27N5O2/c1-26(2)15-18-7-5-6-17(12-18)13-24-22(29)23(30)27-11-10-20(16-27)28-21-9-4-3-8-19(21)14-25-28/h3-9,12,14,20H,10-11,13,15-16H2,1-2H3,(H,24,29). The number of rotatable bonds is 5. The third kappa shape index (κ3) is 4.36. The minimum absolute atomic E-state index is 0.0874. The van der Waals surface area contributed by atoms with E-state index in [1.54, 1.807) is 4.90 Å². The van der Waals surface area contributed by atoms with Crippen LogP contribution in [0.15, 0.2) is 54.7 Å². The predicted octanol–water partition coefficient (Wildman–Crippen LogP) is 2.19. The van der Waals surface area contributed by atoms with Gasteiger partial charge in [-0.1, -0.05) is 42.5 Å². The molecule has 1 aliphatic heterocycles. The zero-order valence-corrected chi connectivity index (χ0v) is 17.4. The van der Waals surface area contributed by atoms with Gasteiger partial charge in [-0.3, -0.25) is 14.3 Å². The second kappa shape index (κ2) is 8.67. The van der Waals surface area contributed by atoms with Gasteiger partial charge in [0.25, 0.3) is 0 Å². The predicted molar refractivity (Wildman–Crippen MR) is 116 cm³/mol. The lowest BCUT2D eigenvalue weighted by Gasteiger charge is -2.17. The van der Waals surface area contributed by atoms with Gasteiger partial charge in [0, 0.05) is 31.6 Å². The molecule has 2 aromatic carbocycles. The zero-order valence-electron chi connectivity index (χ0n) is 17.4. The van der Waals surface area contributed by atoms with Crippen LogP contribution in [0.3, 0.4) is 0 Å². The van der Waals surface area contributed by atoms with E-state index in [9.17, 15) is 9.59 Å². The fourth-order valence-electron chi connectivity index (χ4n) is 4.01. The van der Waals surface area contributed by atoms with E-state index in [2.05, 4.69) is 27.4 Å². The van der Waals surface area contributed by atoms with Crippen molar-refractivity contribution < 1.29 is 9.59 Å². The molecule has 30 heavy (non-hydrogen) atoms. The molecule has 1 atom stereocenters. The lowest BCUT2D eigenvalue weighted by Crippen LogP contribution is -2.41. The van der Waals surface area contributed by atoms with Gasteiger partial charge in [-0.15, -0.1) is 0 Å². The molecule has 3 aromatic rings. The topological polar surface area (TPSA) is 70.5 Å². The second-order valence-electron chi connectivity index (χ2n) is 8.08. The first kappa shape index (κ1) is 20.1. The normalized spacial score (nSPS) is 16.4. The highest BCUT2D eigenvalue weighted by Gasteiger charge is 2.31. The van der Waals surface area contributed by atoms with Crippen LogP contribution in [0.25, 0.3) is 10.9 Å². The van der Waals surface area contributed by atoms with Gasteiger partial charge in [0.05, 0.1) is 17.8 Å². The average molecular weight is 406 g/mol. The van der Waals surface area contributed by atoms with Crippen molar-refractivity contribution in [1.29, 1.82) is 0 Å². The summed E-state index contributed by atoms with van der Waals surface area (Å²) in [6, 6.07) is 16.2. The molecule has 0 bridgehead atoms. The second-order valence-corrected chi connectivity index (χ2v) is 8.08. The molecule has 1 unspecified atom stereocenters. The first-order valence-corrected chi connectivity index (χ1v) is 10.2. The van der Waals surface area contributed by atoms with Gasteiger partial charge < -0.3 is 15.1 Å². The van der Waals surface area contributed by atoms with E-state index in [0.29, 0.717) is 19.6 Å². The molecule has 156 valence electrons. The number of nitrogens with one attached hydrogen (secondary N) is 1. The van der Waals surface area contributed by atoms with Crippen molar-refractivity contribution in [2.24, 2.45) is 0 Å². The Hall–Kier alpha value is -3.19. The number of benzene rings is 2. The van der Waals surface area contributed by atoms with Crippen LogP contribution < -0.4 is 5.32 Å². The molecule has 0 radical (unpaired) electrons. The maximum absolute atomic E-state index is 12.6. The first-order chi connectivity index (χ1) is 14.5. The van der Waals surface area contributed by atoms with E-state index >= 15 is 0 Å².